The summed E-state index contributed by atoms with van der Waals surface area (Å²) in [6.07, 6.45) is 4.92. The molecule has 15 heavy (non-hydrogen) atoms. The van der Waals surface area contributed by atoms with Crippen LogP contribution >= 0.6 is 0 Å². The molecule has 0 bridgehead atoms. The minimum absolute atomic E-state index is 0.167. The molecular formula is C11H18NO3. The van der Waals surface area contributed by atoms with E-state index in [2.05, 4.69) is 5.32 Å². The highest BCUT2D eigenvalue weighted by molar-refractivity contribution is 5.77. The van der Waals surface area contributed by atoms with Crippen molar-refractivity contribution in [1.29, 1.82) is 0 Å². The molecule has 0 aromatic heterocycles. The molecule has 3 atom stereocenters. The highest BCUT2D eigenvalue weighted by Gasteiger charge is 2.34. The Morgan fingerprint density at radius 3 is 3.00 bits per heavy atom. The first-order valence-corrected chi connectivity index (χ1v) is 5.78. The first-order chi connectivity index (χ1) is 7.29. The molecule has 2 fully saturated rings. The molecule has 1 saturated heterocycles. The Morgan fingerprint density at radius 2 is 2.20 bits per heavy atom. The molecule has 0 aromatic carbocycles. The summed E-state index contributed by atoms with van der Waals surface area (Å²) in [5, 5.41) is 13.3. The van der Waals surface area contributed by atoms with Crippen LogP contribution in [0.2, 0.25) is 0 Å². The number of carbonyl (C=O) groups is 1. The topological polar surface area (TPSA) is 58.2 Å². The Morgan fingerprint density at radius 1 is 1.33 bits per heavy atom. The number of amides is 1. The molecule has 85 valence electrons. The Bertz CT molecular complexity index is 232. The van der Waals surface area contributed by atoms with Gasteiger partial charge in [-0.25, -0.2) is 5.11 Å². The van der Waals surface area contributed by atoms with E-state index < -0.39 is 0 Å². The molecule has 1 heterocycles. The van der Waals surface area contributed by atoms with Crippen LogP contribution in [0.1, 0.15) is 32.1 Å². The first kappa shape index (κ1) is 10.9. The fourth-order valence-corrected chi connectivity index (χ4v) is 2.68. The summed E-state index contributed by atoms with van der Waals surface area (Å²) in [7, 11) is 0. The van der Waals surface area contributed by atoms with Crippen LogP contribution in [0.25, 0.3) is 0 Å². The predicted octanol–water partition coefficient (Wildman–Crippen LogP) is 0.881. The van der Waals surface area contributed by atoms with E-state index in [0.29, 0.717) is 18.9 Å². The molecule has 1 unspecified atom stereocenters. The number of ether oxygens (including phenoxy) is 1. The van der Waals surface area contributed by atoms with E-state index >= 15 is 0 Å². The third kappa shape index (κ3) is 2.69. The standard InChI is InChI=1S/C11H18NO3/c13-5-6-15-9-3-1-8-2-4-11(14)12-10(8)7-9/h8-10H,1-7H2,(H,12,14)/t8-,9?,10-/m1/s1. The van der Waals surface area contributed by atoms with Gasteiger partial charge in [0.2, 0.25) is 5.91 Å². The van der Waals surface area contributed by atoms with Gasteiger partial charge in [0.15, 0.2) is 0 Å². The first-order valence-electron chi connectivity index (χ1n) is 5.78. The van der Waals surface area contributed by atoms with Crippen LogP contribution in [0.5, 0.6) is 0 Å². The second kappa shape index (κ2) is 4.94. The average Bonchev–Trinajstić information content (AvgIpc) is 2.25. The maximum atomic E-state index is 11.2. The fraction of sp³-hybridized carbons (Fsp3) is 0.909. The van der Waals surface area contributed by atoms with Crippen LogP contribution in [0.3, 0.4) is 0 Å². The molecule has 0 spiro atoms. The van der Waals surface area contributed by atoms with E-state index in [-0.39, 0.29) is 24.7 Å². The lowest BCUT2D eigenvalue weighted by Gasteiger charge is -2.39. The van der Waals surface area contributed by atoms with E-state index in [1.807, 2.05) is 0 Å². The molecule has 1 aliphatic heterocycles. The van der Waals surface area contributed by atoms with Crippen LogP contribution in [0, 0.1) is 5.92 Å². The van der Waals surface area contributed by atoms with E-state index in [0.717, 1.165) is 25.7 Å². The molecular weight excluding hydrogens is 194 g/mol. The predicted molar refractivity (Wildman–Crippen MR) is 53.8 cm³/mol. The van der Waals surface area contributed by atoms with Gasteiger partial charge in [-0.1, -0.05) is 0 Å². The number of piperidine rings is 1. The number of nitrogens with one attached hydrogen (secondary N) is 1. The van der Waals surface area contributed by atoms with Crippen molar-refractivity contribution in [2.75, 3.05) is 13.2 Å². The highest BCUT2D eigenvalue weighted by Crippen LogP contribution is 2.32. The summed E-state index contributed by atoms with van der Waals surface area (Å²) in [4.78, 5) is 11.2. The van der Waals surface area contributed by atoms with Gasteiger partial charge in [0, 0.05) is 12.5 Å². The molecule has 1 radical (unpaired) electrons. The van der Waals surface area contributed by atoms with E-state index in [1.165, 1.54) is 0 Å². The van der Waals surface area contributed by atoms with Crippen molar-refractivity contribution in [1.82, 2.24) is 5.32 Å². The van der Waals surface area contributed by atoms with Crippen molar-refractivity contribution in [2.45, 2.75) is 44.2 Å². The maximum Gasteiger partial charge on any atom is 0.220 e. The van der Waals surface area contributed by atoms with Gasteiger partial charge in [0.05, 0.1) is 12.7 Å². The summed E-state index contributed by atoms with van der Waals surface area (Å²) < 4.78 is 5.45. The Labute approximate surface area is 90.0 Å². The largest absolute Gasteiger partial charge is 0.376 e. The van der Waals surface area contributed by atoms with Crippen molar-refractivity contribution in [2.24, 2.45) is 5.92 Å². The van der Waals surface area contributed by atoms with Gasteiger partial charge in [-0.15, -0.1) is 0 Å². The SMILES string of the molecule is [O]CCOC1CC[C@@H]2CCC(=O)N[C@@H]2C1. The monoisotopic (exact) mass is 212 g/mol. The second-order valence-corrected chi connectivity index (χ2v) is 4.48. The van der Waals surface area contributed by atoms with E-state index in [9.17, 15) is 9.90 Å². The Balaban J connectivity index is 1.83. The lowest BCUT2D eigenvalue weighted by atomic mass is 9.78. The minimum atomic E-state index is -0.170. The summed E-state index contributed by atoms with van der Waals surface area (Å²) in [5.41, 5.74) is 0. The lowest BCUT2D eigenvalue weighted by Crippen LogP contribution is -2.49. The van der Waals surface area contributed by atoms with Crippen LogP contribution in [-0.2, 0) is 14.6 Å². The molecule has 1 saturated carbocycles. The number of carbonyl (C=O) groups excluding carboxylic acids is 1. The number of rotatable bonds is 3. The second-order valence-electron chi connectivity index (χ2n) is 4.48. The minimum Gasteiger partial charge on any atom is -0.376 e. The molecule has 1 N–H and O–H groups in total. The number of fused-ring (bicyclic) bond motifs is 1. The van der Waals surface area contributed by atoms with Gasteiger partial charge in [-0.2, -0.15) is 0 Å². The quantitative estimate of drug-likeness (QED) is 0.755. The number of hydrogen-bond donors (Lipinski definition) is 1. The van der Waals surface area contributed by atoms with Gasteiger partial charge in [0.1, 0.15) is 6.61 Å². The Hall–Kier alpha value is -0.610. The molecule has 0 aromatic rings. The zero-order chi connectivity index (χ0) is 10.7. The van der Waals surface area contributed by atoms with Crippen LogP contribution in [-0.4, -0.2) is 31.3 Å². The zero-order valence-corrected chi connectivity index (χ0v) is 8.91. The number of hydrogen-bond acceptors (Lipinski definition) is 2. The third-order valence-electron chi connectivity index (χ3n) is 3.47. The Kier molecular flexibility index (Phi) is 3.59. The summed E-state index contributed by atoms with van der Waals surface area (Å²) >= 11 is 0. The van der Waals surface area contributed by atoms with Crippen molar-refractivity contribution >= 4 is 5.91 Å². The van der Waals surface area contributed by atoms with Gasteiger partial charge >= 0.3 is 0 Å². The van der Waals surface area contributed by atoms with E-state index in [4.69, 9.17) is 4.74 Å². The highest BCUT2D eigenvalue weighted by atomic mass is 16.5. The smallest absolute Gasteiger partial charge is 0.220 e. The van der Waals surface area contributed by atoms with Crippen molar-refractivity contribution in [3.05, 3.63) is 0 Å². The molecule has 2 rings (SSSR count). The average molecular weight is 212 g/mol. The fourth-order valence-electron chi connectivity index (χ4n) is 2.68. The van der Waals surface area contributed by atoms with Crippen molar-refractivity contribution in [3.63, 3.8) is 0 Å². The maximum absolute atomic E-state index is 11.2. The summed E-state index contributed by atoms with van der Waals surface area (Å²) in [6, 6.07) is 0.289. The lowest BCUT2D eigenvalue weighted by molar-refractivity contribution is -0.126. The molecule has 1 amide bonds. The van der Waals surface area contributed by atoms with Gasteiger partial charge in [0.25, 0.3) is 0 Å². The molecule has 2 aliphatic rings. The summed E-state index contributed by atoms with van der Waals surface area (Å²) in [6.45, 7) is 0.132. The van der Waals surface area contributed by atoms with Crippen molar-refractivity contribution < 1.29 is 14.6 Å². The molecule has 4 heteroatoms. The van der Waals surface area contributed by atoms with Crippen LogP contribution in [0.15, 0.2) is 0 Å². The van der Waals surface area contributed by atoms with E-state index in [1.54, 1.807) is 0 Å². The van der Waals surface area contributed by atoms with Gasteiger partial charge in [-0.3, -0.25) is 4.79 Å². The molecule has 4 nitrogen and oxygen atoms in total. The summed E-state index contributed by atoms with van der Waals surface area (Å²) in [5.74, 6) is 0.801. The third-order valence-corrected chi connectivity index (χ3v) is 3.47. The molecule has 1 aliphatic carbocycles. The van der Waals surface area contributed by atoms with Gasteiger partial charge < -0.3 is 10.1 Å². The van der Waals surface area contributed by atoms with Crippen LogP contribution in [0.4, 0.5) is 0 Å². The zero-order valence-electron chi connectivity index (χ0n) is 8.91. The normalized spacial score (nSPS) is 35.8. The van der Waals surface area contributed by atoms with Crippen molar-refractivity contribution in [3.8, 4) is 0 Å². The van der Waals surface area contributed by atoms with Gasteiger partial charge in [-0.05, 0) is 31.6 Å². The van der Waals surface area contributed by atoms with Crippen LogP contribution < -0.4 is 5.32 Å².